The molecule has 3 rings (SSSR count). The summed E-state index contributed by atoms with van der Waals surface area (Å²) in [7, 11) is -3.05. The fourth-order valence-corrected chi connectivity index (χ4v) is 7.08. The Labute approximate surface area is 145 Å². The second-order valence-corrected chi connectivity index (χ2v) is 9.57. The summed E-state index contributed by atoms with van der Waals surface area (Å²) < 4.78 is 23.9. The quantitative estimate of drug-likeness (QED) is 0.744. The van der Waals surface area contributed by atoms with Gasteiger partial charge in [-0.05, 0) is 37.1 Å². The highest BCUT2D eigenvalue weighted by molar-refractivity contribution is 8.16. The number of hydrogen-bond donors (Lipinski definition) is 0. The van der Waals surface area contributed by atoms with Gasteiger partial charge in [0.05, 0.1) is 17.5 Å². The summed E-state index contributed by atoms with van der Waals surface area (Å²) in [5.41, 5.74) is 3.04. The van der Waals surface area contributed by atoms with Gasteiger partial charge in [-0.3, -0.25) is 4.79 Å². The van der Waals surface area contributed by atoms with Crippen LogP contribution in [0, 0.1) is 13.8 Å². The number of aliphatic imine (C=N–C) groups is 1. The molecule has 1 aromatic rings. The van der Waals surface area contributed by atoms with Crippen LogP contribution in [-0.2, 0) is 14.6 Å². The van der Waals surface area contributed by atoms with Crippen molar-refractivity contribution < 1.29 is 13.2 Å². The van der Waals surface area contributed by atoms with Crippen LogP contribution in [0.3, 0.4) is 0 Å². The highest BCUT2D eigenvalue weighted by atomic mass is 35.5. The molecule has 1 amide bonds. The van der Waals surface area contributed by atoms with Gasteiger partial charge in [0.25, 0.3) is 5.91 Å². The molecular weight excluding hydrogens is 356 g/mol. The zero-order valence-electron chi connectivity index (χ0n) is 12.8. The van der Waals surface area contributed by atoms with Crippen molar-refractivity contribution in [3.05, 3.63) is 29.3 Å². The van der Waals surface area contributed by atoms with E-state index >= 15 is 0 Å². The van der Waals surface area contributed by atoms with Gasteiger partial charge in [-0.1, -0.05) is 17.8 Å². The number of halogens is 1. The molecule has 0 saturated carbocycles. The molecule has 0 spiro atoms. The molecule has 5 nitrogen and oxygen atoms in total. The van der Waals surface area contributed by atoms with Crippen LogP contribution in [0.1, 0.15) is 11.1 Å². The van der Waals surface area contributed by atoms with E-state index in [9.17, 15) is 13.2 Å². The van der Waals surface area contributed by atoms with E-state index in [0.717, 1.165) is 16.8 Å². The van der Waals surface area contributed by atoms with Crippen LogP contribution in [0.5, 0.6) is 0 Å². The van der Waals surface area contributed by atoms with E-state index in [0.29, 0.717) is 5.17 Å². The molecule has 2 saturated heterocycles. The summed E-state index contributed by atoms with van der Waals surface area (Å²) in [5, 5.41) is 0.452. The van der Waals surface area contributed by atoms with Gasteiger partial charge in [-0.2, -0.15) is 4.99 Å². The number of nitrogens with zero attached hydrogens (tertiary/aromatic N) is 2. The van der Waals surface area contributed by atoms with Crippen LogP contribution in [-0.4, -0.2) is 48.2 Å². The molecule has 0 N–H and O–H groups in total. The monoisotopic (exact) mass is 372 g/mol. The molecule has 2 atom stereocenters. The van der Waals surface area contributed by atoms with Gasteiger partial charge in [-0.15, -0.1) is 11.6 Å². The minimum absolute atomic E-state index is 0.0890. The third-order valence-corrected chi connectivity index (χ3v) is 7.32. The van der Waals surface area contributed by atoms with Crippen molar-refractivity contribution >= 4 is 50.0 Å². The predicted molar refractivity (Wildman–Crippen MR) is 95.4 cm³/mol. The first kappa shape index (κ1) is 16.8. The molecule has 2 heterocycles. The van der Waals surface area contributed by atoms with Crippen LogP contribution in [0.2, 0.25) is 0 Å². The van der Waals surface area contributed by atoms with Crippen LogP contribution >= 0.6 is 23.4 Å². The standard InChI is InChI=1S/C15H17ClN2O3S2/c1-9-3-10(2)5-11(4-9)18-12-7-23(20,21)8-13(12)22-15(18)17-14(19)6-16/h3-5,12-13H,6-8H2,1-2H3/t12-,13-/m1/s1. The summed E-state index contributed by atoms with van der Waals surface area (Å²) in [6.07, 6.45) is 0. The van der Waals surface area contributed by atoms with Crippen molar-refractivity contribution in [2.45, 2.75) is 25.1 Å². The Bertz CT molecular complexity index is 772. The van der Waals surface area contributed by atoms with Crippen molar-refractivity contribution in [1.82, 2.24) is 0 Å². The Morgan fingerprint density at radius 2 is 1.96 bits per heavy atom. The molecular formula is C15H17ClN2O3S2. The zero-order chi connectivity index (χ0) is 16.8. The number of fused-ring (bicyclic) bond motifs is 1. The molecule has 2 aliphatic rings. The van der Waals surface area contributed by atoms with E-state index in [1.807, 2.05) is 30.9 Å². The Morgan fingerprint density at radius 1 is 1.30 bits per heavy atom. The van der Waals surface area contributed by atoms with Gasteiger partial charge >= 0.3 is 0 Å². The molecule has 0 radical (unpaired) electrons. The Balaban J connectivity index is 2.06. The first-order chi connectivity index (χ1) is 10.8. The van der Waals surface area contributed by atoms with Crippen molar-refractivity contribution in [3.8, 4) is 0 Å². The van der Waals surface area contributed by atoms with Crippen LogP contribution in [0.4, 0.5) is 5.69 Å². The van der Waals surface area contributed by atoms with E-state index in [2.05, 4.69) is 11.1 Å². The minimum Gasteiger partial charge on any atom is -0.316 e. The molecule has 2 fully saturated rings. The van der Waals surface area contributed by atoms with Crippen LogP contribution in [0.15, 0.2) is 23.2 Å². The van der Waals surface area contributed by atoms with Crippen molar-refractivity contribution in [1.29, 1.82) is 0 Å². The highest BCUT2D eigenvalue weighted by Crippen LogP contribution is 2.41. The molecule has 0 unspecified atom stereocenters. The number of carbonyl (C=O) groups excluding carboxylic acids is 1. The predicted octanol–water partition coefficient (Wildman–Crippen LogP) is 2.14. The van der Waals surface area contributed by atoms with Crippen LogP contribution in [0.25, 0.3) is 0 Å². The lowest BCUT2D eigenvalue weighted by atomic mass is 10.1. The van der Waals surface area contributed by atoms with Crippen molar-refractivity contribution in [2.24, 2.45) is 4.99 Å². The van der Waals surface area contributed by atoms with Gasteiger partial charge in [0.15, 0.2) is 15.0 Å². The van der Waals surface area contributed by atoms with Gasteiger partial charge in [0.1, 0.15) is 5.88 Å². The average molecular weight is 373 g/mol. The fraction of sp³-hybridized carbons (Fsp3) is 0.467. The Kier molecular flexibility index (Phi) is 4.46. The first-order valence-electron chi connectivity index (χ1n) is 7.21. The second-order valence-electron chi connectivity index (χ2n) is 5.94. The lowest BCUT2D eigenvalue weighted by Gasteiger charge is -2.25. The maximum atomic E-state index is 12.0. The van der Waals surface area contributed by atoms with E-state index < -0.39 is 15.7 Å². The number of amidine groups is 1. The molecule has 8 heteroatoms. The lowest BCUT2D eigenvalue weighted by Crippen LogP contribution is -2.37. The molecule has 0 bridgehead atoms. The highest BCUT2D eigenvalue weighted by Gasteiger charge is 2.49. The minimum atomic E-state index is -3.05. The first-order valence-corrected chi connectivity index (χ1v) is 10.4. The number of sulfone groups is 1. The number of carbonyl (C=O) groups is 1. The zero-order valence-corrected chi connectivity index (χ0v) is 15.2. The Hall–Kier alpha value is -1.05. The fourth-order valence-electron chi connectivity index (χ4n) is 3.09. The van der Waals surface area contributed by atoms with Gasteiger partial charge in [0.2, 0.25) is 0 Å². The van der Waals surface area contributed by atoms with Crippen LogP contribution < -0.4 is 4.90 Å². The maximum absolute atomic E-state index is 12.0. The van der Waals surface area contributed by atoms with Crippen molar-refractivity contribution in [2.75, 3.05) is 22.3 Å². The third kappa shape index (κ3) is 3.41. The third-order valence-electron chi connectivity index (χ3n) is 3.89. The maximum Gasteiger partial charge on any atom is 0.262 e. The smallest absolute Gasteiger partial charge is 0.262 e. The topological polar surface area (TPSA) is 66.8 Å². The Morgan fingerprint density at radius 3 is 2.57 bits per heavy atom. The SMILES string of the molecule is Cc1cc(C)cc(N2C(=NC(=O)CCl)S[C@@H]3CS(=O)(=O)C[C@H]32)c1. The van der Waals surface area contributed by atoms with E-state index in [4.69, 9.17) is 11.6 Å². The molecule has 2 aliphatic heterocycles. The number of aryl methyl sites for hydroxylation is 2. The summed E-state index contributed by atoms with van der Waals surface area (Å²) in [6, 6.07) is 5.84. The number of rotatable bonds is 2. The number of alkyl halides is 1. The van der Waals surface area contributed by atoms with E-state index in [-0.39, 0.29) is 28.7 Å². The molecule has 0 aliphatic carbocycles. The second kappa shape index (κ2) is 6.11. The number of benzene rings is 1. The largest absolute Gasteiger partial charge is 0.316 e. The molecule has 23 heavy (non-hydrogen) atoms. The number of anilines is 1. The normalized spacial score (nSPS) is 27.4. The lowest BCUT2D eigenvalue weighted by molar-refractivity contribution is -0.115. The number of hydrogen-bond acceptors (Lipinski definition) is 4. The molecule has 1 aromatic carbocycles. The molecule has 124 valence electrons. The van der Waals surface area contributed by atoms with Gasteiger partial charge in [0, 0.05) is 10.9 Å². The summed E-state index contributed by atoms with van der Waals surface area (Å²) >= 11 is 6.92. The van der Waals surface area contributed by atoms with Crippen molar-refractivity contribution in [3.63, 3.8) is 0 Å². The summed E-state index contributed by atoms with van der Waals surface area (Å²) in [5.74, 6) is -0.381. The van der Waals surface area contributed by atoms with E-state index in [1.165, 1.54) is 11.8 Å². The van der Waals surface area contributed by atoms with E-state index in [1.54, 1.807) is 0 Å². The molecule has 0 aromatic heterocycles. The number of thioether (sulfide) groups is 1. The van der Waals surface area contributed by atoms with Gasteiger partial charge in [-0.25, -0.2) is 8.42 Å². The van der Waals surface area contributed by atoms with Gasteiger partial charge < -0.3 is 4.90 Å². The number of amides is 1. The summed E-state index contributed by atoms with van der Waals surface area (Å²) in [6.45, 7) is 3.98. The average Bonchev–Trinajstić information content (AvgIpc) is 2.88. The summed E-state index contributed by atoms with van der Waals surface area (Å²) in [4.78, 5) is 17.6.